The van der Waals surface area contributed by atoms with Gasteiger partial charge in [0.05, 0.1) is 18.1 Å². The molecule has 10 nitrogen and oxygen atoms in total. The smallest absolute Gasteiger partial charge is 0.332 e. The van der Waals surface area contributed by atoms with Gasteiger partial charge in [-0.1, -0.05) is 0 Å². The molecule has 144 valence electrons. The molecule has 0 atom stereocenters. The average molecular weight is 374 g/mol. The topological polar surface area (TPSA) is 138 Å². The van der Waals surface area contributed by atoms with Crippen molar-refractivity contribution in [3.05, 3.63) is 34.1 Å². The Bertz CT molecular complexity index is 823. The van der Waals surface area contributed by atoms with Crippen molar-refractivity contribution in [1.82, 2.24) is 15.0 Å². The number of nitrogens with zero attached hydrogens (tertiary/aromatic N) is 4. The third-order valence-electron chi connectivity index (χ3n) is 4.73. The quantitative estimate of drug-likeness (QED) is 0.577. The Morgan fingerprint density at radius 3 is 2.63 bits per heavy atom. The zero-order valence-electron chi connectivity index (χ0n) is 15.2. The van der Waals surface area contributed by atoms with Gasteiger partial charge in [-0.25, -0.2) is 9.97 Å². The monoisotopic (exact) mass is 374 g/mol. The molecule has 1 aliphatic carbocycles. The highest BCUT2D eigenvalue weighted by atomic mass is 16.6. The zero-order valence-corrected chi connectivity index (χ0v) is 15.2. The summed E-state index contributed by atoms with van der Waals surface area (Å²) >= 11 is 0. The number of nitrogens with two attached hydrogens (primary N) is 1. The van der Waals surface area contributed by atoms with Crippen molar-refractivity contribution in [2.24, 2.45) is 0 Å². The molecule has 2 aromatic heterocycles. The summed E-state index contributed by atoms with van der Waals surface area (Å²) in [5, 5.41) is 14.5. The van der Waals surface area contributed by atoms with Crippen LogP contribution in [0.3, 0.4) is 0 Å². The summed E-state index contributed by atoms with van der Waals surface area (Å²) in [5.41, 5.74) is 6.58. The van der Waals surface area contributed by atoms with E-state index in [0.29, 0.717) is 17.3 Å². The Hall–Kier alpha value is -3.01. The van der Waals surface area contributed by atoms with Gasteiger partial charge in [-0.3, -0.25) is 10.1 Å². The van der Waals surface area contributed by atoms with Crippen LogP contribution in [-0.4, -0.2) is 40.2 Å². The van der Waals surface area contributed by atoms with Crippen LogP contribution in [0.2, 0.25) is 0 Å². The summed E-state index contributed by atoms with van der Waals surface area (Å²) in [5.74, 6) is 0.302. The summed E-state index contributed by atoms with van der Waals surface area (Å²) < 4.78 is 10.6. The fourth-order valence-corrected chi connectivity index (χ4v) is 3.36. The fourth-order valence-electron chi connectivity index (χ4n) is 3.36. The lowest BCUT2D eigenvalue weighted by Gasteiger charge is -2.27. The van der Waals surface area contributed by atoms with E-state index in [2.05, 4.69) is 20.3 Å². The minimum atomic E-state index is -0.512. The van der Waals surface area contributed by atoms with E-state index in [-0.39, 0.29) is 29.5 Å². The maximum Gasteiger partial charge on any atom is 0.332 e. The number of methoxy groups -OCH3 is 2. The van der Waals surface area contributed by atoms with Crippen molar-refractivity contribution in [2.45, 2.75) is 37.7 Å². The first-order chi connectivity index (χ1) is 13.0. The summed E-state index contributed by atoms with van der Waals surface area (Å²) in [6, 6.07) is 3.47. The lowest BCUT2D eigenvalue weighted by atomic mass is 9.84. The Morgan fingerprint density at radius 1 is 1.26 bits per heavy atom. The summed E-state index contributed by atoms with van der Waals surface area (Å²) in [6.07, 6.45) is 4.89. The second-order valence-corrected chi connectivity index (χ2v) is 6.32. The molecule has 1 aliphatic rings. The van der Waals surface area contributed by atoms with Gasteiger partial charge >= 0.3 is 5.69 Å². The van der Waals surface area contributed by atoms with Gasteiger partial charge in [0.25, 0.3) is 0 Å². The second kappa shape index (κ2) is 8.12. The van der Waals surface area contributed by atoms with Gasteiger partial charge in [-0.15, -0.1) is 0 Å². The number of rotatable bonds is 6. The van der Waals surface area contributed by atoms with Gasteiger partial charge < -0.3 is 20.5 Å². The molecule has 27 heavy (non-hydrogen) atoms. The van der Waals surface area contributed by atoms with E-state index in [4.69, 9.17) is 15.2 Å². The third kappa shape index (κ3) is 4.05. The SMILES string of the molecule is COc1ncccc1Nc1nc(N)c([N+](=O)[O-])c(C2CCC(OC)CC2)n1. The molecule has 2 aromatic rings. The molecule has 0 aromatic carbocycles. The van der Waals surface area contributed by atoms with Crippen LogP contribution in [0.15, 0.2) is 18.3 Å². The van der Waals surface area contributed by atoms with E-state index in [0.717, 1.165) is 25.7 Å². The number of anilines is 3. The Morgan fingerprint density at radius 2 is 2.00 bits per heavy atom. The van der Waals surface area contributed by atoms with Crippen molar-refractivity contribution in [2.75, 3.05) is 25.3 Å². The maximum absolute atomic E-state index is 11.5. The third-order valence-corrected chi connectivity index (χ3v) is 4.73. The highest BCUT2D eigenvalue weighted by Crippen LogP contribution is 2.39. The molecule has 0 amide bonds. The van der Waals surface area contributed by atoms with Crippen LogP contribution in [0.1, 0.15) is 37.3 Å². The zero-order chi connectivity index (χ0) is 19.4. The first-order valence-electron chi connectivity index (χ1n) is 8.64. The molecule has 10 heteroatoms. The number of nitrogen functional groups attached to an aromatic ring is 1. The summed E-state index contributed by atoms with van der Waals surface area (Å²) in [7, 11) is 3.18. The van der Waals surface area contributed by atoms with Crippen molar-refractivity contribution in [3.8, 4) is 5.88 Å². The molecule has 1 saturated carbocycles. The number of hydrogen-bond acceptors (Lipinski definition) is 9. The highest BCUT2D eigenvalue weighted by molar-refractivity contribution is 5.64. The predicted octanol–water partition coefficient (Wildman–Crippen LogP) is 2.79. The molecule has 3 N–H and O–H groups in total. The van der Waals surface area contributed by atoms with Crippen LogP contribution in [0.4, 0.5) is 23.1 Å². The predicted molar refractivity (Wildman–Crippen MR) is 99.2 cm³/mol. The molecule has 1 fully saturated rings. The van der Waals surface area contributed by atoms with E-state index < -0.39 is 4.92 Å². The van der Waals surface area contributed by atoms with Gasteiger partial charge in [-0.05, 0) is 37.8 Å². The molecular weight excluding hydrogens is 352 g/mol. The van der Waals surface area contributed by atoms with Crippen LogP contribution < -0.4 is 15.8 Å². The van der Waals surface area contributed by atoms with Crippen LogP contribution in [0.25, 0.3) is 0 Å². The minimum Gasteiger partial charge on any atom is -0.480 e. The van der Waals surface area contributed by atoms with Crippen molar-refractivity contribution >= 4 is 23.1 Å². The summed E-state index contributed by atoms with van der Waals surface area (Å²) in [6.45, 7) is 0. The van der Waals surface area contributed by atoms with Gasteiger partial charge in [0, 0.05) is 19.2 Å². The van der Waals surface area contributed by atoms with Crippen LogP contribution in [-0.2, 0) is 4.74 Å². The van der Waals surface area contributed by atoms with E-state index in [9.17, 15) is 10.1 Å². The Balaban J connectivity index is 1.95. The first-order valence-corrected chi connectivity index (χ1v) is 8.64. The Labute approximate surface area is 156 Å². The van der Waals surface area contributed by atoms with Crippen molar-refractivity contribution in [3.63, 3.8) is 0 Å². The molecule has 0 spiro atoms. The lowest BCUT2D eigenvalue weighted by molar-refractivity contribution is -0.385. The van der Waals surface area contributed by atoms with Crippen molar-refractivity contribution in [1.29, 1.82) is 0 Å². The Kier molecular flexibility index (Phi) is 5.65. The van der Waals surface area contributed by atoms with Crippen LogP contribution in [0, 0.1) is 10.1 Å². The molecular formula is C17H22N6O4. The number of hydrogen-bond donors (Lipinski definition) is 2. The molecule has 0 unspecified atom stereocenters. The normalized spacial score (nSPS) is 19.5. The molecule has 0 bridgehead atoms. The standard InChI is InChI=1S/C17H22N6O4/c1-26-11-7-5-10(6-8-11)13-14(23(24)25)15(18)22-17(21-13)20-12-4-3-9-19-16(12)27-2/h3-4,9-11H,5-8H2,1-2H3,(H3,18,20,21,22). The van der Waals surface area contributed by atoms with E-state index >= 15 is 0 Å². The number of nitrogens with one attached hydrogen (secondary N) is 1. The fraction of sp³-hybridized carbons (Fsp3) is 0.471. The maximum atomic E-state index is 11.5. The number of aromatic nitrogens is 3. The molecule has 0 saturated heterocycles. The molecule has 2 heterocycles. The van der Waals surface area contributed by atoms with Crippen LogP contribution >= 0.6 is 0 Å². The van der Waals surface area contributed by atoms with Gasteiger partial charge in [0.1, 0.15) is 11.4 Å². The van der Waals surface area contributed by atoms with Crippen molar-refractivity contribution < 1.29 is 14.4 Å². The van der Waals surface area contributed by atoms with Gasteiger partial charge in [-0.2, -0.15) is 4.98 Å². The average Bonchev–Trinajstić information content (AvgIpc) is 2.67. The lowest BCUT2D eigenvalue weighted by Crippen LogP contribution is -2.21. The van der Waals surface area contributed by atoms with Crippen LogP contribution in [0.5, 0.6) is 5.88 Å². The van der Waals surface area contributed by atoms with Gasteiger partial charge in [0.2, 0.25) is 17.6 Å². The van der Waals surface area contributed by atoms with E-state index in [1.165, 1.54) is 7.11 Å². The molecule has 3 rings (SSSR count). The number of pyridine rings is 1. The molecule has 0 aliphatic heterocycles. The summed E-state index contributed by atoms with van der Waals surface area (Å²) in [4.78, 5) is 23.6. The largest absolute Gasteiger partial charge is 0.480 e. The number of nitro groups is 1. The highest BCUT2D eigenvalue weighted by Gasteiger charge is 2.32. The molecule has 0 radical (unpaired) electrons. The number of ether oxygens (including phenoxy) is 2. The second-order valence-electron chi connectivity index (χ2n) is 6.32. The van der Waals surface area contributed by atoms with E-state index in [1.807, 2.05) is 0 Å². The minimum absolute atomic E-state index is 0.0709. The van der Waals surface area contributed by atoms with E-state index in [1.54, 1.807) is 25.4 Å². The van der Waals surface area contributed by atoms with Gasteiger partial charge in [0.15, 0.2) is 0 Å². The first kappa shape index (κ1) is 18.8.